The number of carbonyl (C=O) groups excluding carboxylic acids is 2. The van der Waals surface area contributed by atoms with E-state index in [-0.39, 0.29) is 29.7 Å². The highest BCUT2D eigenvalue weighted by atomic mass is 32.2. The Morgan fingerprint density at radius 2 is 2.00 bits per heavy atom. The number of nitrogens with zero attached hydrogens (tertiary/aromatic N) is 2. The van der Waals surface area contributed by atoms with Gasteiger partial charge in [-0.1, -0.05) is 23.9 Å². The van der Waals surface area contributed by atoms with Gasteiger partial charge in [0.15, 0.2) is 10.9 Å². The first-order valence-corrected chi connectivity index (χ1v) is 10.9. The molecule has 4 rings (SSSR count). The number of ether oxygens (including phenoxy) is 1. The molecule has 0 bridgehead atoms. The number of benzene rings is 1. The zero-order valence-corrected chi connectivity index (χ0v) is 18.0. The molecule has 0 radical (unpaired) electrons. The van der Waals surface area contributed by atoms with E-state index in [0.717, 1.165) is 12.8 Å². The van der Waals surface area contributed by atoms with Crippen LogP contribution in [0.3, 0.4) is 0 Å². The van der Waals surface area contributed by atoms with Crippen LogP contribution >= 0.6 is 11.8 Å². The molecular formula is C22H23N3O4S. The minimum atomic E-state index is -0.436. The van der Waals surface area contributed by atoms with Gasteiger partial charge in [-0.25, -0.2) is 9.78 Å². The molecule has 1 fully saturated rings. The van der Waals surface area contributed by atoms with Gasteiger partial charge in [0.2, 0.25) is 0 Å². The number of para-hydroxylation sites is 1. The number of hydrogen-bond donors (Lipinski definition) is 1. The zero-order chi connectivity index (χ0) is 21.4. The molecule has 30 heavy (non-hydrogen) atoms. The van der Waals surface area contributed by atoms with Crippen molar-refractivity contribution in [3.63, 3.8) is 0 Å². The number of aromatic amines is 1. The number of H-pyrrole nitrogens is 1. The highest BCUT2D eigenvalue weighted by Crippen LogP contribution is 2.37. The lowest BCUT2D eigenvalue weighted by molar-refractivity contribution is 0.0525. The average Bonchev–Trinajstić information content (AvgIpc) is 3.50. The molecule has 0 spiro atoms. The molecule has 0 saturated heterocycles. The van der Waals surface area contributed by atoms with Crippen LogP contribution in [0.5, 0.6) is 0 Å². The van der Waals surface area contributed by atoms with Gasteiger partial charge in [-0.15, -0.1) is 0 Å². The number of aromatic nitrogens is 3. The second-order valence-electron chi connectivity index (χ2n) is 7.38. The third-order valence-electron chi connectivity index (χ3n) is 5.22. The van der Waals surface area contributed by atoms with Crippen LogP contribution in [0.4, 0.5) is 0 Å². The summed E-state index contributed by atoms with van der Waals surface area (Å²) in [6.07, 6.45) is 1.89. The highest BCUT2D eigenvalue weighted by Gasteiger charge is 2.29. The molecule has 0 aliphatic heterocycles. The molecule has 1 saturated carbocycles. The van der Waals surface area contributed by atoms with Crippen molar-refractivity contribution < 1.29 is 14.3 Å². The lowest BCUT2D eigenvalue weighted by Crippen LogP contribution is -2.23. The molecule has 1 N–H and O–H groups in total. The fourth-order valence-corrected chi connectivity index (χ4v) is 4.56. The minimum absolute atomic E-state index is 0.0606. The number of fused-ring (bicyclic) bond motifs is 1. The number of Topliss-reactive ketones (excluding diaryl/α,β-unsaturated/α-hetero) is 1. The van der Waals surface area contributed by atoms with E-state index >= 15 is 0 Å². The number of nitrogens with one attached hydrogen (secondary N) is 1. The van der Waals surface area contributed by atoms with Crippen LogP contribution in [0.2, 0.25) is 0 Å². The Kier molecular flexibility index (Phi) is 5.51. The van der Waals surface area contributed by atoms with E-state index in [2.05, 4.69) is 9.97 Å². The van der Waals surface area contributed by atoms with Crippen molar-refractivity contribution >= 4 is 34.4 Å². The van der Waals surface area contributed by atoms with Gasteiger partial charge in [0.05, 0.1) is 34.5 Å². The molecule has 0 atom stereocenters. The number of hydrogen-bond acceptors (Lipinski definition) is 6. The summed E-state index contributed by atoms with van der Waals surface area (Å²) >= 11 is 1.26. The number of thioether (sulfide) groups is 1. The van der Waals surface area contributed by atoms with E-state index in [1.165, 1.54) is 11.8 Å². The Balaban J connectivity index is 1.61. The number of aryl methyl sites for hydroxylation is 1. The lowest BCUT2D eigenvalue weighted by atomic mass is 10.1. The van der Waals surface area contributed by atoms with Crippen LogP contribution in [0.1, 0.15) is 57.9 Å². The topological polar surface area (TPSA) is 94.1 Å². The molecule has 0 amide bonds. The van der Waals surface area contributed by atoms with Crippen LogP contribution in [0, 0.1) is 13.8 Å². The molecule has 8 heteroatoms. The second-order valence-corrected chi connectivity index (χ2v) is 8.32. The van der Waals surface area contributed by atoms with Crippen molar-refractivity contribution in [1.29, 1.82) is 0 Å². The quantitative estimate of drug-likeness (QED) is 0.268. The Morgan fingerprint density at radius 1 is 1.27 bits per heavy atom. The van der Waals surface area contributed by atoms with Gasteiger partial charge in [-0.2, -0.15) is 0 Å². The van der Waals surface area contributed by atoms with Gasteiger partial charge in [0.1, 0.15) is 0 Å². The van der Waals surface area contributed by atoms with Crippen molar-refractivity contribution in [2.75, 3.05) is 12.4 Å². The first-order chi connectivity index (χ1) is 14.4. The maximum absolute atomic E-state index is 13.0. The predicted octanol–water partition coefficient (Wildman–Crippen LogP) is 3.83. The summed E-state index contributed by atoms with van der Waals surface area (Å²) in [5.41, 5.74) is 2.56. The SMILES string of the molecule is CCOC(=O)c1c(C)[nH]c(C(=O)CSc2nc3ccccc3c(=O)n2C2CC2)c1C. The number of esters is 1. The van der Waals surface area contributed by atoms with Gasteiger partial charge < -0.3 is 9.72 Å². The largest absolute Gasteiger partial charge is 0.462 e. The van der Waals surface area contributed by atoms with Crippen LogP contribution in [-0.2, 0) is 4.74 Å². The van der Waals surface area contributed by atoms with Gasteiger partial charge in [-0.3, -0.25) is 14.2 Å². The molecule has 2 heterocycles. The van der Waals surface area contributed by atoms with Crippen LogP contribution < -0.4 is 5.56 Å². The predicted molar refractivity (Wildman–Crippen MR) is 116 cm³/mol. The van der Waals surface area contributed by atoms with E-state index in [0.29, 0.717) is 38.6 Å². The Hall–Kier alpha value is -2.87. The van der Waals surface area contributed by atoms with E-state index in [9.17, 15) is 14.4 Å². The number of rotatable bonds is 7. The number of ketones is 1. The van der Waals surface area contributed by atoms with Gasteiger partial charge >= 0.3 is 5.97 Å². The Labute approximate surface area is 177 Å². The van der Waals surface area contributed by atoms with Crippen LogP contribution in [-0.4, -0.2) is 38.6 Å². The summed E-state index contributed by atoms with van der Waals surface area (Å²) in [5, 5.41) is 1.15. The molecule has 3 aromatic rings. The van der Waals surface area contributed by atoms with Crippen molar-refractivity contribution in [2.24, 2.45) is 0 Å². The smallest absolute Gasteiger partial charge is 0.340 e. The fourth-order valence-electron chi connectivity index (χ4n) is 3.62. The molecular weight excluding hydrogens is 402 g/mol. The third-order valence-corrected chi connectivity index (χ3v) is 6.17. The molecule has 1 aliphatic carbocycles. The second kappa shape index (κ2) is 8.10. The maximum Gasteiger partial charge on any atom is 0.340 e. The summed E-state index contributed by atoms with van der Waals surface area (Å²) in [4.78, 5) is 45.7. The van der Waals surface area contributed by atoms with Crippen molar-refractivity contribution in [3.05, 3.63) is 57.1 Å². The molecule has 156 valence electrons. The molecule has 1 aliphatic rings. The summed E-state index contributed by atoms with van der Waals surface area (Å²) in [6, 6.07) is 7.42. The summed E-state index contributed by atoms with van der Waals surface area (Å²) in [5.74, 6) is -0.476. The third kappa shape index (κ3) is 3.67. The Bertz CT molecular complexity index is 1210. The lowest BCUT2D eigenvalue weighted by Gasteiger charge is -2.12. The maximum atomic E-state index is 13.0. The van der Waals surface area contributed by atoms with Gasteiger partial charge in [-0.05, 0) is 51.3 Å². The van der Waals surface area contributed by atoms with Crippen LogP contribution in [0.15, 0.2) is 34.2 Å². The standard InChI is InChI=1S/C22H23N3O4S/c1-4-29-21(28)18-12(2)19(23-13(18)3)17(26)11-30-22-24-16-8-6-5-7-15(16)20(27)25(22)14-9-10-14/h5-8,14,23H,4,9-11H2,1-3H3. The molecule has 2 aromatic heterocycles. The van der Waals surface area contributed by atoms with Crippen molar-refractivity contribution in [2.45, 2.75) is 44.8 Å². The van der Waals surface area contributed by atoms with Crippen LogP contribution in [0.25, 0.3) is 10.9 Å². The molecule has 7 nitrogen and oxygen atoms in total. The van der Waals surface area contributed by atoms with Gasteiger partial charge in [0, 0.05) is 11.7 Å². The zero-order valence-electron chi connectivity index (χ0n) is 17.2. The normalized spacial score (nSPS) is 13.6. The highest BCUT2D eigenvalue weighted by molar-refractivity contribution is 7.99. The summed E-state index contributed by atoms with van der Waals surface area (Å²) in [7, 11) is 0. The van der Waals surface area contributed by atoms with E-state index in [1.54, 1.807) is 31.4 Å². The summed E-state index contributed by atoms with van der Waals surface area (Å²) < 4.78 is 6.81. The molecule has 1 aromatic carbocycles. The van der Waals surface area contributed by atoms with E-state index < -0.39 is 5.97 Å². The summed E-state index contributed by atoms with van der Waals surface area (Å²) in [6.45, 7) is 5.50. The first-order valence-electron chi connectivity index (χ1n) is 9.96. The van der Waals surface area contributed by atoms with Gasteiger partial charge in [0.25, 0.3) is 5.56 Å². The Morgan fingerprint density at radius 3 is 2.70 bits per heavy atom. The van der Waals surface area contributed by atoms with E-state index in [1.807, 2.05) is 18.2 Å². The average molecular weight is 426 g/mol. The molecule has 0 unspecified atom stereocenters. The van der Waals surface area contributed by atoms with Crippen molar-refractivity contribution in [1.82, 2.24) is 14.5 Å². The van der Waals surface area contributed by atoms with E-state index in [4.69, 9.17) is 4.74 Å². The first kappa shape index (κ1) is 20.4. The van der Waals surface area contributed by atoms with Crippen molar-refractivity contribution in [3.8, 4) is 0 Å². The fraction of sp³-hybridized carbons (Fsp3) is 0.364. The number of carbonyl (C=O) groups is 2. The monoisotopic (exact) mass is 425 g/mol. The minimum Gasteiger partial charge on any atom is -0.462 e.